The van der Waals surface area contributed by atoms with Gasteiger partial charge in [-0.15, -0.1) is 11.3 Å². The normalized spacial score (nSPS) is 11.2. The van der Waals surface area contributed by atoms with E-state index < -0.39 is 9.84 Å². The first-order valence-corrected chi connectivity index (χ1v) is 10.6. The summed E-state index contributed by atoms with van der Waals surface area (Å²) in [4.78, 5) is 17.6. The quantitative estimate of drug-likeness (QED) is 0.676. The van der Waals surface area contributed by atoms with Crippen LogP contribution in [0.1, 0.15) is 12.0 Å². The van der Waals surface area contributed by atoms with E-state index in [0.29, 0.717) is 6.54 Å². The monoisotopic (exact) mass is 386 g/mol. The molecule has 134 valence electrons. The van der Waals surface area contributed by atoms with Crippen molar-refractivity contribution in [2.45, 2.75) is 17.9 Å². The van der Waals surface area contributed by atoms with E-state index in [2.05, 4.69) is 10.3 Å². The number of carbonyl (C=O) groups is 1. The van der Waals surface area contributed by atoms with E-state index >= 15 is 0 Å². The van der Waals surface area contributed by atoms with E-state index in [4.69, 9.17) is 0 Å². The van der Waals surface area contributed by atoms with Crippen LogP contribution in [-0.2, 0) is 21.2 Å². The van der Waals surface area contributed by atoms with Crippen molar-refractivity contribution in [2.24, 2.45) is 0 Å². The van der Waals surface area contributed by atoms with Crippen LogP contribution in [0.5, 0.6) is 0 Å². The lowest BCUT2D eigenvalue weighted by molar-refractivity contribution is -0.120. The molecule has 1 aromatic carbocycles. The highest BCUT2D eigenvalue weighted by atomic mass is 32.2. The molecule has 1 amide bonds. The Balaban J connectivity index is 1.54. The Morgan fingerprint density at radius 3 is 2.62 bits per heavy atom. The Bertz CT molecular complexity index is 969. The van der Waals surface area contributed by atoms with E-state index in [-0.39, 0.29) is 23.0 Å². The van der Waals surface area contributed by atoms with Crippen molar-refractivity contribution in [2.75, 3.05) is 5.75 Å². The predicted octanol–water partition coefficient (Wildman–Crippen LogP) is 3.29. The van der Waals surface area contributed by atoms with Crippen LogP contribution in [0, 0.1) is 0 Å². The van der Waals surface area contributed by atoms with Crippen LogP contribution >= 0.6 is 11.3 Å². The third kappa shape index (κ3) is 4.77. The molecule has 0 bridgehead atoms. The maximum Gasteiger partial charge on any atom is 0.221 e. The number of nitrogens with zero attached hydrogens (tertiary/aromatic N) is 1. The number of nitrogens with one attached hydrogen (secondary N) is 1. The zero-order valence-electron chi connectivity index (χ0n) is 14.0. The highest BCUT2D eigenvalue weighted by Crippen LogP contribution is 2.24. The number of thiophene rings is 1. The van der Waals surface area contributed by atoms with E-state index in [1.807, 2.05) is 23.6 Å². The van der Waals surface area contributed by atoms with Gasteiger partial charge in [0.15, 0.2) is 9.84 Å². The Morgan fingerprint density at radius 1 is 1.08 bits per heavy atom. The molecule has 0 aliphatic rings. The SMILES string of the molecule is O=C(CCS(=O)(=O)c1ccccc1)NCc1cncc(-c2cccs2)c1. The number of aromatic nitrogens is 1. The van der Waals surface area contributed by atoms with Gasteiger partial charge in [-0.25, -0.2) is 8.42 Å². The lowest BCUT2D eigenvalue weighted by Crippen LogP contribution is -2.25. The van der Waals surface area contributed by atoms with Crippen molar-refractivity contribution in [3.05, 3.63) is 71.9 Å². The molecule has 2 aromatic heterocycles. The first-order chi connectivity index (χ1) is 12.5. The summed E-state index contributed by atoms with van der Waals surface area (Å²) in [5.74, 6) is -0.512. The fraction of sp³-hybridized carbons (Fsp3) is 0.158. The van der Waals surface area contributed by atoms with E-state index in [9.17, 15) is 13.2 Å². The third-order valence-electron chi connectivity index (χ3n) is 3.79. The number of hydrogen-bond acceptors (Lipinski definition) is 5. The Kier molecular flexibility index (Phi) is 5.80. The minimum absolute atomic E-state index is 0.0741. The van der Waals surface area contributed by atoms with Gasteiger partial charge < -0.3 is 5.32 Å². The average Bonchev–Trinajstić information content (AvgIpc) is 3.21. The molecule has 26 heavy (non-hydrogen) atoms. The fourth-order valence-electron chi connectivity index (χ4n) is 2.42. The number of rotatable bonds is 7. The zero-order valence-corrected chi connectivity index (χ0v) is 15.6. The minimum Gasteiger partial charge on any atom is -0.352 e. The Labute approximate surface area is 156 Å². The van der Waals surface area contributed by atoms with Gasteiger partial charge in [0, 0.05) is 35.8 Å². The summed E-state index contributed by atoms with van der Waals surface area (Å²) in [6.45, 7) is 0.316. The summed E-state index contributed by atoms with van der Waals surface area (Å²) >= 11 is 1.62. The number of sulfone groups is 1. The fourth-order valence-corrected chi connectivity index (χ4v) is 4.39. The number of benzene rings is 1. The summed E-state index contributed by atoms with van der Waals surface area (Å²) in [5.41, 5.74) is 1.87. The lowest BCUT2D eigenvalue weighted by atomic mass is 10.2. The molecule has 0 spiro atoms. The van der Waals surface area contributed by atoms with Crippen molar-refractivity contribution >= 4 is 27.1 Å². The van der Waals surface area contributed by atoms with Crippen LogP contribution in [0.2, 0.25) is 0 Å². The molecule has 3 aromatic rings. The number of amides is 1. The molecule has 0 aliphatic carbocycles. The predicted molar refractivity (Wildman–Crippen MR) is 103 cm³/mol. The van der Waals surface area contributed by atoms with E-state index in [1.165, 1.54) is 12.1 Å². The highest BCUT2D eigenvalue weighted by molar-refractivity contribution is 7.91. The second-order valence-electron chi connectivity index (χ2n) is 5.72. The molecule has 3 rings (SSSR count). The van der Waals surface area contributed by atoms with Gasteiger partial charge in [-0.3, -0.25) is 9.78 Å². The topological polar surface area (TPSA) is 76.1 Å². The van der Waals surface area contributed by atoms with Crippen LogP contribution in [0.3, 0.4) is 0 Å². The summed E-state index contributed by atoms with van der Waals surface area (Å²) < 4.78 is 24.4. The van der Waals surface area contributed by atoms with Crippen LogP contribution in [0.15, 0.2) is 71.2 Å². The molecule has 7 heteroatoms. The van der Waals surface area contributed by atoms with Gasteiger partial charge in [-0.1, -0.05) is 24.3 Å². The zero-order chi connectivity index (χ0) is 18.4. The second kappa shape index (κ2) is 8.25. The van der Waals surface area contributed by atoms with Gasteiger partial charge in [0.2, 0.25) is 5.91 Å². The maximum absolute atomic E-state index is 12.2. The third-order valence-corrected chi connectivity index (χ3v) is 6.44. The van der Waals surface area contributed by atoms with Gasteiger partial charge in [0.1, 0.15) is 0 Å². The molecular formula is C19H18N2O3S2. The summed E-state index contributed by atoms with van der Waals surface area (Å²) in [5, 5.41) is 4.75. The van der Waals surface area contributed by atoms with Crippen molar-refractivity contribution in [1.82, 2.24) is 10.3 Å². The van der Waals surface area contributed by atoms with Crippen molar-refractivity contribution in [3.63, 3.8) is 0 Å². The molecule has 0 fully saturated rings. The van der Waals surface area contributed by atoms with E-state index in [1.54, 1.807) is 41.9 Å². The highest BCUT2D eigenvalue weighted by Gasteiger charge is 2.16. The first-order valence-electron chi connectivity index (χ1n) is 8.07. The Morgan fingerprint density at radius 2 is 1.88 bits per heavy atom. The van der Waals surface area contributed by atoms with Crippen molar-refractivity contribution in [3.8, 4) is 10.4 Å². The second-order valence-corrected chi connectivity index (χ2v) is 8.77. The molecule has 0 atom stereocenters. The molecule has 0 saturated heterocycles. The molecule has 5 nitrogen and oxygen atoms in total. The average molecular weight is 386 g/mol. The van der Waals surface area contributed by atoms with E-state index in [0.717, 1.165) is 16.0 Å². The minimum atomic E-state index is -3.45. The van der Waals surface area contributed by atoms with Crippen LogP contribution in [-0.4, -0.2) is 25.1 Å². The number of pyridine rings is 1. The molecule has 0 saturated carbocycles. The molecular weight excluding hydrogens is 368 g/mol. The Hall–Kier alpha value is -2.51. The lowest BCUT2D eigenvalue weighted by Gasteiger charge is -2.07. The smallest absolute Gasteiger partial charge is 0.221 e. The van der Waals surface area contributed by atoms with Crippen molar-refractivity contribution < 1.29 is 13.2 Å². The molecule has 0 radical (unpaired) electrons. The van der Waals surface area contributed by atoms with Gasteiger partial charge in [-0.2, -0.15) is 0 Å². The molecule has 0 aliphatic heterocycles. The van der Waals surface area contributed by atoms with Gasteiger partial charge >= 0.3 is 0 Å². The first kappa shape index (κ1) is 18.3. The summed E-state index contributed by atoms with van der Waals surface area (Å²) in [6, 6.07) is 14.1. The van der Waals surface area contributed by atoms with Crippen LogP contribution < -0.4 is 5.32 Å². The number of hydrogen-bond donors (Lipinski definition) is 1. The summed E-state index contributed by atoms with van der Waals surface area (Å²) in [7, 11) is -3.45. The standard InChI is InChI=1S/C19H18N2O3S2/c22-19(8-10-26(23,24)17-5-2-1-3-6-17)21-13-15-11-16(14-20-12-15)18-7-4-9-25-18/h1-7,9,11-12,14H,8,10,13H2,(H,21,22). The maximum atomic E-state index is 12.2. The molecule has 1 N–H and O–H groups in total. The largest absolute Gasteiger partial charge is 0.352 e. The van der Waals surface area contributed by atoms with Gasteiger partial charge in [-0.05, 0) is 35.2 Å². The van der Waals surface area contributed by atoms with Crippen LogP contribution in [0.25, 0.3) is 10.4 Å². The van der Waals surface area contributed by atoms with Crippen molar-refractivity contribution in [1.29, 1.82) is 0 Å². The molecule has 0 unspecified atom stereocenters. The number of carbonyl (C=O) groups excluding carboxylic acids is 1. The molecule has 2 heterocycles. The summed E-state index contributed by atoms with van der Waals surface area (Å²) in [6.07, 6.45) is 3.40. The van der Waals surface area contributed by atoms with Gasteiger partial charge in [0.25, 0.3) is 0 Å². The van der Waals surface area contributed by atoms with Crippen LogP contribution in [0.4, 0.5) is 0 Å². The van der Waals surface area contributed by atoms with Gasteiger partial charge in [0.05, 0.1) is 10.6 Å².